The molecule has 3 heterocycles. The molecule has 0 N–H and O–H groups in total. The molecule has 2 aliphatic heterocycles. The summed E-state index contributed by atoms with van der Waals surface area (Å²) < 4.78 is 66.9. The van der Waals surface area contributed by atoms with Gasteiger partial charge in [0.05, 0.1) is 28.7 Å². The summed E-state index contributed by atoms with van der Waals surface area (Å²) in [5, 5.41) is 9.44. The third kappa shape index (κ3) is 5.97. The normalized spacial score (nSPS) is 17.5. The van der Waals surface area contributed by atoms with Gasteiger partial charge in [0.1, 0.15) is 11.9 Å². The van der Waals surface area contributed by atoms with Gasteiger partial charge in [0, 0.05) is 50.0 Å². The summed E-state index contributed by atoms with van der Waals surface area (Å²) in [4.78, 5) is 41.1. The monoisotopic (exact) mass is 649 g/mol. The van der Waals surface area contributed by atoms with Gasteiger partial charge in [-0.3, -0.25) is 4.90 Å². The van der Waals surface area contributed by atoms with E-state index in [9.17, 15) is 36.4 Å². The van der Waals surface area contributed by atoms with Gasteiger partial charge in [-0.1, -0.05) is 18.2 Å². The minimum atomic E-state index is -4.74. The van der Waals surface area contributed by atoms with Crippen molar-refractivity contribution >= 4 is 33.4 Å². The number of halogens is 3. The molecule has 11 nitrogen and oxygen atoms in total. The SMILES string of the molecule is [C-]#[N+]C1=C(C)N(c2cccc(C(F)(F)F)c2)C(=O)N(C(=O)N2CCN(c3ccccn3)CC2)[C@@H]1c1ccc(C#N)cc1S(C)(=O)=O. The summed E-state index contributed by atoms with van der Waals surface area (Å²) in [6.45, 7) is 10.3. The van der Waals surface area contributed by atoms with Crippen LogP contribution in [-0.2, 0) is 16.0 Å². The number of hydrogen-bond acceptors (Lipinski definition) is 7. The molecule has 1 atom stereocenters. The second-order valence-electron chi connectivity index (χ2n) is 10.6. The summed E-state index contributed by atoms with van der Waals surface area (Å²) in [7, 11) is -4.07. The van der Waals surface area contributed by atoms with E-state index in [2.05, 4.69) is 9.83 Å². The molecular weight excluding hydrogens is 623 g/mol. The average Bonchev–Trinajstić information content (AvgIpc) is 3.04. The Morgan fingerprint density at radius 1 is 1.07 bits per heavy atom. The standard InChI is InChI=1S/C31H26F3N7O4S/c1-20-27(36-2)28(24-11-10-21(19-35)17-25(24)46(3,44)45)41(30(43)40(20)23-8-6-7-22(18-23)31(32,33)34)29(42)39-15-13-38(14-16-39)26-9-4-5-12-37-26/h4-12,17-18,28H,13-16H2,1,3H3/t28-/m1/s1. The molecule has 236 valence electrons. The van der Waals surface area contributed by atoms with Gasteiger partial charge in [0.25, 0.3) is 0 Å². The predicted octanol–water partition coefficient (Wildman–Crippen LogP) is 5.45. The van der Waals surface area contributed by atoms with Crippen molar-refractivity contribution in [3.8, 4) is 6.07 Å². The molecule has 0 unspecified atom stereocenters. The Morgan fingerprint density at radius 3 is 2.37 bits per heavy atom. The number of hydrogen-bond donors (Lipinski definition) is 0. The van der Waals surface area contributed by atoms with E-state index in [1.165, 1.54) is 30.0 Å². The predicted molar refractivity (Wildman–Crippen MR) is 161 cm³/mol. The van der Waals surface area contributed by atoms with Gasteiger partial charge in [0.15, 0.2) is 9.84 Å². The number of carbonyl (C=O) groups excluding carboxylic acids is 2. The summed E-state index contributed by atoms with van der Waals surface area (Å²) in [6.07, 6.45) is -2.22. The Morgan fingerprint density at radius 2 is 1.78 bits per heavy atom. The summed E-state index contributed by atoms with van der Waals surface area (Å²) in [6, 6.07) is 11.3. The molecule has 1 aromatic heterocycles. The lowest BCUT2D eigenvalue weighted by atomic mass is 9.97. The van der Waals surface area contributed by atoms with E-state index in [1.807, 2.05) is 23.1 Å². The number of rotatable bonds is 4. The van der Waals surface area contributed by atoms with Crippen LogP contribution in [-0.4, -0.2) is 67.7 Å². The molecule has 2 aliphatic rings. The quantitative estimate of drug-likeness (QED) is 0.345. The molecule has 0 radical (unpaired) electrons. The minimum Gasteiger partial charge on any atom is -0.353 e. The molecule has 5 rings (SSSR count). The van der Waals surface area contributed by atoms with E-state index in [4.69, 9.17) is 6.57 Å². The maximum Gasteiger partial charge on any atom is 0.416 e. The number of aromatic nitrogens is 1. The Kier molecular flexibility index (Phi) is 8.47. The van der Waals surface area contributed by atoms with Crippen molar-refractivity contribution < 1.29 is 31.2 Å². The highest BCUT2D eigenvalue weighted by Gasteiger charge is 2.47. The fourth-order valence-corrected chi connectivity index (χ4v) is 6.46. The molecule has 46 heavy (non-hydrogen) atoms. The third-order valence-corrected chi connectivity index (χ3v) is 8.89. The van der Waals surface area contributed by atoms with Crippen molar-refractivity contribution in [2.75, 3.05) is 42.2 Å². The number of benzene rings is 2. The van der Waals surface area contributed by atoms with Crippen molar-refractivity contribution in [3.63, 3.8) is 0 Å². The largest absolute Gasteiger partial charge is 0.416 e. The Hall–Kier alpha value is -5.41. The van der Waals surface area contributed by atoms with Gasteiger partial charge in [-0.05, 0) is 55.0 Å². The lowest BCUT2D eigenvalue weighted by Crippen LogP contribution is -2.59. The molecule has 1 fully saturated rings. The first kappa shape index (κ1) is 32.0. The van der Waals surface area contributed by atoms with E-state index in [0.717, 1.165) is 35.4 Å². The maximum atomic E-state index is 14.4. The Balaban J connectivity index is 1.66. The van der Waals surface area contributed by atoms with Gasteiger partial charge in [-0.15, -0.1) is 0 Å². The smallest absolute Gasteiger partial charge is 0.353 e. The van der Waals surface area contributed by atoms with E-state index >= 15 is 0 Å². The molecule has 2 aromatic carbocycles. The van der Waals surface area contributed by atoms with Gasteiger partial charge in [-0.25, -0.2) is 32.7 Å². The first-order valence-corrected chi connectivity index (χ1v) is 15.7. The van der Waals surface area contributed by atoms with Gasteiger partial charge >= 0.3 is 18.2 Å². The molecule has 1 saturated heterocycles. The number of nitrogens with zero attached hydrogens (tertiary/aromatic N) is 7. The number of urea groups is 2. The average molecular weight is 650 g/mol. The lowest BCUT2D eigenvalue weighted by Gasteiger charge is -2.44. The topological polar surface area (TPSA) is 122 Å². The van der Waals surface area contributed by atoms with Gasteiger partial charge in [0.2, 0.25) is 5.70 Å². The first-order chi connectivity index (χ1) is 21.8. The number of anilines is 2. The van der Waals surface area contributed by atoms with Crippen molar-refractivity contribution in [3.05, 3.63) is 106 Å². The van der Waals surface area contributed by atoms with Crippen LogP contribution in [0.5, 0.6) is 0 Å². The second-order valence-corrected chi connectivity index (χ2v) is 12.6. The molecular formula is C31H26F3N7O4S. The Bertz CT molecular complexity index is 1930. The van der Waals surface area contributed by atoms with Crippen LogP contribution in [0.1, 0.15) is 29.7 Å². The zero-order chi connectivity index (χ0) is 33.4. The molecule has 0 aliphatic carbocycles. The number of imide groups is 1. The van der Waals surface area contributed by atoms with Gasteiger partial charge in [-0.2, -0.15) is 18.4 Å². The van der Waals surface area contributed by atoms with Crippen LogP contribution < -0.4 is 9.80 Å². The molecule has 0 saturated carbocycles. The number of pyridine rings is 1. The minimum absolute atomic E-state index is 0.00881. The third-order valence-electron chi connectivity index (χ3n) is 7.74. The summed E-state index contributed by atoms with van der Waals surface area (Å²) in [5.41, 5.74) is -1.75. The van der Waals surface area contributed by atoms with Crippen LogP contribution in [0.25, 0.3) is 4.85 Å². The lowest BCUT2D eigenvalue weighted by molar-refractivity contribution is -0.137. The Labute approximate surface area is 263 Å². The summed E-state index contributed by atoms with van der Waals surface area (Å²) in [5.74, 6) is 0.682. The molecule has 4 amide bonds. The van der Waals surface area contributed by atoms with Crippen molar-refractivity contribution in [2.24, 2.45) is 0 Å². The molecule has 15 heteroatoms. The van der Waals surface area contributed by atoms with Crippen molar-refractivity contribution in [1.82, 2.24) is 14.8 Å². The molecule has 0 bridgehead atoms. The van der Waals surface area contributed by atoms with Crippen LogP contribution in [0.4, 0.5) is 34.3 Å². The van der Waals surface area contributed by atoms with Crippen LogP contribution >= 0.6 is 0 Å². The number of carbonyl (C=O) groups is 2. The number of nitriles is 1. The molecule has 0 spiro atoms. The van der Waals surface area contributed by atoms with Crippen LogP contribution in [0.15, 0.2) is 83.2 Å². The zero-order valence-corrected chi connectivity index (χ0v) is 25.4. The number of amides is 4. The second kappa shape index (κ2) is 12.2. The van der Waals surface area contributed by atoms with E-state index < -0.39 is 39.7 Å². The van der Waals surface area contributed by atoms with Crippen molar-refractivity contribution in [2.45, 2.75) is 24.0 Å². The van der Waals surface area contributed by atoms with E-state index in [-0.39, 0.29) is 46.2 Å². The van der Waals surface area contributed by atoms with E-state index in [1.54, 1.807) is 12.3 Å². The molecule has 3 aromatic rings. The number of alkyl halides is 3. The first-order valence-electron chi connectivity index (χ1n) is 13.8. The zero-order valence-electron chi connectivity index (χ0n) is 24.6. The summed E-state index contributed by atoms with van der Waals surface area (Å²) >= 11 is 0. The van der Waals surface area contributed by atoms with E-state index in [0.29, 0.717) is 23.8 Å². The highest BCUT2D eigenvalue weighted by atomic mass is 32.2. The number of allylic oxidation sites excluding steroid dienone is 1. The highest BCUT2D eigenvalue weighted by Crippen LogP contribution is 2.43. The highest BCUT2D eigenvalue weighted by molar-refractivity contribution is 7.90. The number of sulfone groups is 1. The van der Waals surface area contributed by atoms with Crippen LogP contribution in [0, 0.1) is 17.9 Å². The van der Waals surface area contributed by atoms with Crippen LogP contribution in [0.2, 0.25) is 0 Å². The fraction of sp³-hybridized carbons (Fsp3) is 0.258. The maximum absolute atomic E-state index is 14.4. The van der Waals surface area contributed by atoms with Crippen LogP contribution in [0.3, 0.4) is 0 Å². The number of piperazine rings is 1. The van der Waals surface area contributed by atoms with Gasteiger partial charge < -0.3 is 9.80 Å². The van der Waals surface area contributed by atoms with Crippen molar-refractivity contribution in [1.29, 1.82) is 5.26 Å². The fourth-order valence-electron chi connectivity index (χ4n) is 5.51.